The molecule has 0 unspecified atom stereocenters. The van der Waals surface area contributed by atoms with Crippen molar-refractivity contribution in [3.8, 4) is 17.9 Å². The fourth-order valence-corrected chi connectivity index (χ4v) is 2.33. The molecule has 0 aliphatic carbocycles. The Morgan fingerprint density at radius 1 is 0.808 bits per heavy atom. The van der Waals surface area contributed by atoms with Crippen LogP contribution in [0.4, 0.5) is 11.6 Å². The first-order chi connectivity index (χ1) is 12.3. The van der Waals surface area contributed by atoms with Crippen LogP contribution in [0.5, 0.6) is 6.01 Å². The topological polar surface area (TPSA) is 136 Å². The van der Waals surface area contributed by atoms with Crippen molar-refractivity contribution < 1.29 is 4.74 Å². The average Bonchev–Trinajstić information content (AvgIpc) is 3.17. The summed E-state index contributed by atoms with van der Waals surface area (Å²) in [6.45, 7) is 8.12. The average molecular weight is 357 g/mol. The highest BCUT2D eigenvalue weighted by Gasteiger charge is 2.18. The maximum Gasteiger partial charge on any atom is 0.322 e. The molecule has 10 nitrogen and oxygen atoms in total. The Hall–Kier alpha value is -3.17. The zero-order valence-corrected chi connectivity index (χ0v) is 15.5. The monoisotopic (exact) mass is 357 g/mol. The van der Waals surface area contributed by atoms with Crippen molar-refractivity contribution >= 4 is 11.6 Å². The second-order valence-electron chi connectivity index (χ2n) is 6.54. The Morgan fingerprint density at radius 3 is 1.54 bits per heavy atom. The van der Waals surface area contributed by atoms with Gasteiger partial charge in [0.25, 0.3) is 11.9 Å². The molecule has 0 saturated carbocycles. The van der Waals surface area contributed by atoms with E-state index in [1.54, 1.807) is 12.1 Å². The van der Waals surface area contributed by atoms with Gasteiger partial charge in [0.05, 0.1) is 18.5 Å². The van der Waals surface area contributed by atoms with Crippen LogP contribution in [0.2, 0.25) is 0 Å². The molecule has 0 aromatic carbocycles. The molecule has 0 radical (unpaired) electrons. The zero-order valence-electron chi connectivity index (χ0n) is 15.5. The Kier molecular flexibility index (Phi) is 4.49. The van der Waals surface area contributed by atoms with Gasteiger partial charge in [-0.3, -0.25) is 0 Å². The minimum atomic E-state index is 0.118. The number of anilines is 2. The van der Waals surface area contributed by atoms with Crippen LogP contribution in [0, 0.1) is 0 Å². The summed E-state index contributed by atoms with van der Waals surface area (Å²) in [4.78, 5) is 12.9. The molecule has 0 amide bonds. The quantitative estimate of drug-likeness (QED) is 0.703. The molecule has 3 aromatic rings. The van der Waals surface area contributed by atoms with Crippen LogP contribution < -0.4 is 16.2 Å². The Labute approximate surface area is 151 Å². The number of nitrogen functional groups attached to an aromatic ring is 2. The molecule has 4 N–H and O–H groups in total. The van der Waals surface area contributed by atoms with Gasteiger partial charge < -0.3 is 16.2 Å². The number of aromatic nitrogens is 7. The number of rotatable bonds is 5. The Morgan fingerprint density at radius 2 is 1.23 bits per heavy atom. The second-order valence-corrected chi connectivity index (χ2v) is 6.54. The number of nitrogens with zero attached hydrogens (tertiary/aromatic N) is 7. The van der Waals surface area contributed by atoms with Gasteiger partial charge in [-0.25, -0.2) is 0 Å². The minimum Gasteiger partial charge on any atom is -0.467 e. The van der Waals surface area contributed by atoms with Crippen LogP contribution in [0.1, 0.15) is 50.9 Å². The molecule has 26 heavy (non-hydrogen) atoms. The lowest BCUT2D eigenvalue weighted by Gasteiger charge is -2.08. The smallest absolute Gasteiger partial charge is 0.322 e. The summed E-state index contributed by atoms with van der Waals surface area (Å²) >= 11 is 0. The first-order valence-corrected chi connectivity index (χ1v) is 8.31. The van der Waals surface area contributed by atoms with Crippen molar-refractivity contribution in [1.29, 1.82) is 0 Å². The summed E-state index contributed by atoms with van der Waals surface area (Å²) in [5.41, 5.74) is 13.8. The number of methoxy groups -OCH3 is 1. The summed E-state index contributed by atoms with van der Waals surface area (Å²) in [5, 5.41) is 8.94. The van der Waals surface area contributed by atoms with E-state index in [-0.39, 0.29) is 29.7 Å². The lowest BCUT2D eigenvalue weighted by molar-refractivity contribution is 0.375. The van der Waals surface area contributed by atoms with E-state index in [1.807, 2.05) is 27.7 Å². The van der Waals surface area contributed by atoms with E-state index < -0.39 is 0 Å². The SMILES string of the molecule is COc1nc(-n2nc(C(C)C)cc2N)nc(-n2nc(C(C)C)cc2N)n1. The third kappa shape index (κ3) is 3.17. The molecule has 138 valence electrons. The molecule has 0 saturated heterocycles. The molecular weight excluding hydrogens is 334 g/mol. The predicted molar refractivity (Wildman–Crippen MR) is 97.6 cm³/mol. The maximum absolute atomic E-state index is 6.08. The van der Waals surface area contributed by atoms with Gasteiger partial charge in [0.2, 0.25) is 0 Å². The van der Waals surface area contributed by atoms with Crippen molar-refractivity contribution in [2.24, 2.45) is 0 Å². The number of nitrogens with two attached hydrogens (primary N) is 2. The lowest BCUT2D eigenvalue weighted by Crippen LogP contribution is -2.14. The highest BCUT2D eigenvalue weighted by atomic mass is 16.5. The second kappa shape index (κ2) is 6.62. The van der Waals surface area contributed by atoms with E-state index in [1.165, 1.54) is 16.5 Å². The van der Waals surface area contributed by atoms with Crippen LogP contribution in [0.3, 0.4) is 0 Å². The van der Waals surface area contributed by atoms with Gasteiger partial charge in [0, 0.05) is 12.1 Å². The molecule has 3 aromatic heterocycles. The van der Waals surface area contributed by atoms with Gasteiger partial charge in [-0.2, -0.15) is 34.5 Å². The van der Waals surface area contributed by atoms with Crippen LogP contribution in [-0.4, -0.2) is 41.6 Å². The number of ether oxygens (including phenoxy) is 1. The Balaban J connectivity index is 2.13. The maximum atomic E-state index is 6.08. The van der Waals surface area contributed by atoms with Crippen LogP contribution in [0.15, 0.2) is 12.1 Å². The first-order valence-electron chi connectivity index (χ1n) is 8.31. The van der Waals surface area contributed by atoms with Gasteiger partial charge in [0.1, 0.15) is 11.6 Å². The van der Waals surface area contributed by atoms with Gasteiger partial charge in [-0.15, -0.1) is 0 Å². The molecule has 0 bridgehead atoms. The van der Waals surface area contributed by atoms with Crippen molar-refractivity contribution in [1.82, 2.24) is 34.5 Å². The van der Waals surface area contributed by atoms with Crippen molar-refractivity contribution in [3.05, 3.63) is 23.5 Å². The van der Waals surface area contributed by atoms with E-state index in [0.29, 0.717) is 11.6 Å². The van der Waals surface area contributed by atoms with Gasteiger partial charge in [-0.1, -0.05) is 27.7 Å². The summed E-state index contributed by atoms with van der Waals surface area (Å²) in [5.74, 6) is 1.75. The summed E-state index contributed by atoms with van der Waals surface area (Å²) in [6, 6.07) is 3.70. The molecule has 0 aliphatic heterocycles. The number of hydrogen-bond donors (Lipinski definition) is 2. The van der Waals surface area contributed by atoms with E-state index in [0.717, 1.165) is 11.4 Å². The summed E-state index contributed by atoms with van der Waals surface area (Å²) in [7, 11) is 1.47. The molecule has 3 heterocycles. The molecule has 0 atom stereocenters. The van der Waals surface area contributed by atoms with Crippen LogP contribution in [0.25, 0.3) is 11.9 Å². The normalized spacial score (nSPS) is 11.5. The third-order valence-corrected chi connectivity index (χ3v) is 3.85. The fourth-order valence-electron chi connectivity index (χ4n) is 2.33. The van der Waals surface area contributed by atoms with Crippen molar-refractivity contribution in [2.45, 2.75) is 39.5 Å². The standard InChI is InChI=1S/C16H23N9O/c1-8(2)10-6-12(17)24(22-10)14-19-15(21-16(20-14)26-5)25-13(18)7-11(23-25)9(3)4/h6-9H,17-18H2,1-5H3. The highest BCUT2D eigenvalue weighted by molar-refractivity contribution is 5.41. The van der Waals surface area contributed by atoms with Gasteiger partial charge in [0.15, 0.2) is 0 Å². The van der Waals surface area contributed by atoms with Crippen LogP contribution in [-0.2, 0) is 0 Å². The van der Waals surface area contributed by atoms with Crippen molar-refractivity contribution in [3.63, 3.8) is 0 Å². The molecule has 0 aliphatic rings. The summed E-state index contributed by atoms with van der Waals surface area (Å²) in [6.07, 6.45) is 0. The first kappa shape index (κ1) is 17.6. The molecule has 0 fully saturated rings. The third-order valence-electron chi connectivity index (χ3n) is 3.85. The molecule has 0 spiro atoms. The molecule has 10 heteroatoms. The van der Waals surface area contributed by atoms with E-state index in [9.17, 15) is 0 Å². The predicted octanol–water partition coefficient (Wildman–Crippen LogP) is 1.66. The Bertz CT molecular complexity index is 855. The molecule has 3 rings (SSSR count). The van der Waals surface area contributed by atoms with Crippen molar-refractivity contribution in [2.75, 3.05) is 18.6 Å². The molecular formula is C16H23N9O. The van der Waals surface area contributed by atoms with E-state index in [4.69, 9.17) is 16.2 Å². The van der Waals surface area contributed by atoms with Gasteiger partial charge >= 0.3 is 6.01 Å². The zero-order chi connectivity index (χ0) is 19.0. The van der Waals surface area contributed by atoms with E-state index in [2.05, 4.69) is 25.1 Å². The minimum absolute atomic E-state index is 0.118. The van der Waals surface area contributed by atoms with Gasteiger partial charge in [-0.05, 0) is 11.8 Å². The van der Waals surface area contributed by atoms with Crippen LogP contribution >= 0.6 is 0 Å². The fraction of sp³-hybridized carbons (Fsp3) is 0.438. The summed E-state index contributed by atoms with van der Waals surface area (Å²) < 4.78 is 8.10. The van der Waals surface area contributed by atoms with E-state index >= 15 is 0 Å². The largest absolute Gasteiger partial charge is 0.467 e. The highest BCUT2D eigenvalue weighted by Crippen LogP contribution is 2.21. The number of hydrogen-bond acceptors (Lipinski definition) is 8. The lowest BCUT2D eigenvalue weighted by atomic mass is 10.1.